The molecule has 2 N–H and O–H groups in total. The summed E-state index contributed by atoms with van der Waals surface area (Å²) in [7, 11) is 0. The van der Waals surface area contributed by atoms with Gasteiger partial charge in [0.25, 0.3) is 5.91 Å². The Morgan fingerprint density at radius 3 is 2.73 bits per heavy atom. The van der Waals surface area contributed by atoms with Crippen LogP contribution in [0.1, 0.15) is 16.8 Å². The van der Waals surface area contributed by atoms with Gasteiger partial charge in [0, 0.05) is 19.3 Å². The molecule has 0 aromatic carbocycles. The number of fused-ring (bicyclic) bond motifs is 1. The van der Waals surface area contributed by atoms with E-state index < -0.39 is 0 Å². The second-order valence-corrected chi connectivity index (χ2v) is 4.44. The predicted molar refractivity (Wildman–Crippen MR) is 56.1 cm³/mol. The lowest BCUT2D eigenvalue weighted by Crippen LogP contribution is -2.30. The van der Waals surface area contributed by atoms with Gasteiger partial charge in [-0.15, -0.1) is 0 Å². The van der Waals surface area contributed by atoms with Crippen molar-refractivity contribution in [1.29, 1.82) is 0 Å². The summed E-state index contributed by atoms with van der Waals surface area (Å²) in [4.78, 5) is 17.8. The van der Waals surface area contributed by atoms with Crippen LogP contribution in [0.3, 0.4) is 0 Å². The maximum Gasteiger partial charge on any atom is 0.255 e. The number of amides is 1. The van der Waals surface area contributed by atoms with E-state index in [4.69, 9.17) is 5.73 Å². The first-order valence-corrected chi connectivity index (χ1v) is 5.25. The van der Waals surface area contributed by atoms with Crippen molar-refractivity contribution in [3.8, 4) is 0 Å². The summed E-state index contributed by atoms with van der Waals surface area (Å²) in [5.74, 6) is 2.09. The predicted octanol–water partition coefficient (Wildman–Crippen LogP) is 0.756. The van der Waals surface area contributed by atoms with Crippen LogP contribution in [0.4, 0.5) is 5.82 Å². The number of hydrogen-bond donors (Lipinski definition) is 1. The normalized spacial score (nSPS) is 27.6. The van der Waals surface area contributed by atoms with Crippen molar-refractivity contribution in [1.82, 2.24) is 9.88 Å². The van der Waals surface area contributed by atoms with Gasteiger partial charge < -0.3 is 10.6 Å². The molecule has 1 amide bonds. The molecule has 1 aromatic heterocycles. The van der Waals surface area contributed by atoms with Gasteiger partial charge in [-0.05, 0) is 30.4 Å². The van der Waals surface area contributed by atoms with E-state index in [1.807, 2.05) is 4.90 Å². The summed E-state index contributed by atoms with van der Waals surface area (Å²) >= 11 is 0. The number of nitrogens with zero attached hydrogens (tertiary/aromatic N) is 2. The van der Waals surface area contributed by atoms with Crippen LogP contribution in [0.2, 0.25) is 0 Å². The molecule has 1 aliphatic heterocycles. The van der Waals surface area contributed by atoms with Crippen molar-refractivity contribution in [3.63, 3.8) is 0 Å². The lowest BCUT2D eigenvalue weighted by atomic mass is 10.2. The van der Waals surface area contributed by atoms with Crippen molar-refractivity contribution in [2.24, 2.45) is 11.8 Å². The maximum atomic E-state index is 12.0. The molecule has 2 atom stereocenters. The molecule has 2 unspecified atom stereocenters. The van der Waals surface area contributed by atoms with E-state index in [0.29, 0.717) is 11.4 Å². The summed E-state index contributed by atoms with van der Waals surface area (Å²) in [5, 5.41) is 0. The fraction of sp³-hybridized carbons (Fsp3) is 0.455. The number of nitrogens with two attached hydrogens (primary N) is 1. The molecule has 15 heavy (non-hydrogen) atoms. The molecule has 78 valence electrons. The van der Waals surface area contributed by atoms with Gasteiger partial charge in [0.05, 0.1) is 5.56 Å². The lowest BCUT2D eigenvalue weighted by molar-refractivity contribution is 0.0775. The summed E-state index contributed by atoms with van der Waals surface area (Å²) in [5.41, 5.74) is 6.12. The van der Waals surface area contributed by atoms with Gasteiger partial charge in [0.15, 0.2) is 0 Å². The Morgan fingerprint density at radius 1 is 1.40 bits per heavy atom. The van der Waals surface area contributed by atoms with E-state index in [-0.39, 0.29) is 5.91 Å². The van der Waals surface area contributed by atoms with Crippen LogP contribution in [0.5, 0.6) is 0 Å². The first-order chi connectivity index (χ1) is 7.24. The van der Waals surface area contributed by atoms with Gasteiger partial charge in [0.2, 0.25) is 0 Å². The molecule has 4 heteroatoms. The highest BCUT2D eigenvalue weighted by Gasteiger charge is 2.46. The summed E-state index contributed by atoms with van der Waals surface area (Å²) < 4.78 is 0. The second-order valence-electron chi connectivity index (χ2n) is 4.44. The van der Waals surface area contributed by atoms with E-state index in [1.165, 1.54) is 6.42 Å². The van der Waals surface area contributed by atoms with Gasteiger partial charge in [-0.1, -0.05) is 0 Å². The molecule has 1 aliphatic carbocycles. The molecule has 0 bridgehead atoms. The number of anilines is 1. The molecule has 2 aliphatic rings. The van der Waals surface area contributed by atoms with Crippen LogP contribution < -0.4 is 5.73 Å². The van der Waals surface area contributed by atoms with Crippen LogP contribution in [0.25, 0.3) is 0 Å². The maximum absolute atomic E-state index is 12.0. The third kappa shape index (κ3) is 1.46. The van der Waals surface area contributed by atoms with Crippen LogP contribution >= 0.6 is 0 Å². The molecule has 0 spiro atoms. The van der Waals surface area contributed by atoms with E-state index in [9.17, 15) is 4.79 Å². The fourth-order valence-corrected chi connectivity index (χ4v) is 2.28. The van der Waals surface area contributed by atoms with E-state index in [0.717, 1.165) is 24.9 Å². The highest BCUT2D eigenvalue weighted by atomic mass is 16.2. The molecule has 1 saturated carbocycles. The summed E-state index contributed by atoms with van der Waals surface area (Å²) in [6.45, 7) is 1.85. The van der Waals surface area contributed by atoms with Gasteiger partial charge in [0.1, 0.15) is 5.82 Å². The minimum absolute atomic E-state index is 0.0923. The Kier molecular flexibility index (Phi) is 1.71. The van der Waals surface area contributed by atoms with Crippen molar-refractivity contribution in [2.75, 3.05) is 18.8 Å². The molecular weight excluding hydrogens is 190 g/mol. The number of carbonyl (C=O) groups excluding carboxylic acids is 1. The zero-order valence-electron chi connectivity index (χ0n) is 8.39. The molecule has 3 rings (SSSR count). The zero-order valence-corrected chi connectivity index (χ0v) is 8.39. The topological polar surface area (TPSA) is 59.2 Å². The summed E-state index contributed by atoms with van der Waals surface area (Å²) in [6, 6.07) is 3.42. The zero-order chi connectivity index (χ0) is 10.4. The molecule has 2 heterocycles. The first kappa shape index (κ1) is 8.71. The van der Waals surface area contributed by atoms with Crippen LogP contribution in [-0.4, -0.2) is 28.9 Å². The average Bonchev–Trinajstić information content (AvgIpc) is 2.86. The SMILES string of the molecule is Nc1ccc(C(=O)N2CC3CC3C2)cn1. The quantitative estimate of drug-likeness (QED) is 0.733. The van der Waals surface area contributed by atoms with Crippen molar-refractivity contribution in [2.45, 2.75) is 6.42 Å². The van der Waals surface area contributed by atoms with Crippen molar-refractivity contribution < 1.29 is 4.79 Å². The highest BCUT2D eigenvalue weighted by molar-refractivity contribution is 5.94. The Balaban J connectivity index is 1.76. The summed E-state index contributed by atoms with van der Waals surface area (Å²) in [6.07, 6.45) is 2.87. The largest absolute Gasteiger partial charge is 0.384 e. The standard InChI is InChI=1S/C11H13N3O/c12-10-2-1-7(4-13-10)11(15)14-5-8-3-9(8)6-14/h1-2,4,8-9H,3,5-6H2,(H2,12,13). The number of nitrogen functional groups attached to an aromatic ring is 1. The van der Waals surface area contributed by atoms with Crippen molar-refractivity contribution >= 4 is 11.7 Å². The van der Waals surface area contributed by atoms with Crippen molar-refractivity contribution in [3.05, 3.63) is 23.9 Å². The second kappa shape index (κ2) is 2.95. The molecule has 1 saturated heterocycles. The number of piperidine rings is 1. The minimum Gasteiger partial charge on any atom is -0.384 e. The Labute approximate surface area is 88.1 Å². The van der Waals surface area contributed by atoms with E-state index in [2.05, 4.69) is 4.98 Å². The average molecular weight is 203 g/mol. The Morgan fingerprint density at radius 2 is 2.13 bits per heavy atom. The van der Waals surface area contributed by atoms with Gasteiger partial charge in [-0.2, -0.15) is 0 Å². The monoisotopic (exact) mass is 203 g/mol. The Hall–Kier alpha value is -1.58. The van der Waals surface area contributed by atoms with E-state index >= 15 is 0 Å². The van der Waals surface area contributed by atoms with Gasteiger partial charge >= 0.3 is 0 Å². The number of aromatic nitrogens is 1. The molecule has 2 fully saturated rings. The first-order valence-electron chi connectivity index (χ1n) is 5.25. The smallest absolute Gasteiger partial charge is 0.255 e. The van der Waals surface area contributed by atoms with Crippen LogP contribution in [0.15, 0.2) is 18.3 Å². The molecule has 4 nitrogen and oxygen atoms in total. The third-order valence-corrected chi connectivity index (χ3v) is 3.30. The Bertz CT molecular complexity index is 391. The fourth-order valence-electron chi connectivity index (χ4n) is 2.28. The highest BCUT2D eigenvalue weighted by Crippen LogP contribution is 2.45. The molecule has 0 radical (unpaired) electrons. The van der Waals surface area contributed by atoms with E-state index in [1.54, 1.807) is 18.3 Å². The third-order valence-electron chi connectivity index (χ3n) is 3.30. The number of pyridine rings is 1. The molecular formula is C11H13N3O. The minimum atomic E-state index is 0.0923. The van der Waals surface area contributed by atoms with Crippen LogP contribution in [0, 0.1) is 11.8 Å². The van der Waals surface area contributed by atoms with Gasteiger partial charge in [-0.25, -0.2) is 4.98 Å². The van der Waals surface area contributed by atoms with Gasteiger partial charge in [-0.3, -0.25) is 4.79 Å². The number of carbonyl (C=O) groups is 1. The van der Waals surface area contributed by atoms with Crippen LogP contribution in [-0.2, 0) is 0 Å². The molecule has 1 aromatic rings. The number of likely N-dealkylation sites (tertiary alicyclic amines) is 1. The number of rotatable bonds is 1. The lowest BCUT2D eigenvalue weighted by Gasteiger charge is -2.17. The number of hydrogen-bond acceptors (Lipinski definition) is 3.